The van der Waals surface area contributed by atoms with Crippen LogP contribution in [0.25, 0.3) is 0 Å². The predicted molar refractivity (Wildman–Crippen MR) is 70.2 cm³/mol. The Balaban J connectivity index is 3.09. The lowest BCUT2D eigenvalue weighted by atomic mass is 9.97. The van der Waals surface area contributed by atoms with Crippen LogP contribution in [0.3, 0.4) is 0 Å². The summed E-state index contributed by atoms with van der Waals surface area (Å²) < 4.78 is 7.32. The van der Waals surface area contributed by atoms with Gasteiger partial charge in [0.15, 0.2) is 0 Å². The first-order valence-electron chi connectivity index (χ1n) is 5.91. The van der Waals surface area contributed by atoms with Crippen molar-refractivity contribution in [2.75, 3.05) is 7.11 Å². The molecule has 1 rings (SSSR count). The Kier molecular flexibility index (Phi) is 4.98. The Hall–Kier alpha value is -0.580. The van der Waals surface area contributed by atoms with E-state index in [1.807, 2.05) is 4.68 Å². The molecule has 1 aromatic heterocycles. The van der Waals surface area contributed by atoms with Crippen molar-refractivity contribution in [3.63, 3.8) is 0 Å². The van der Waals surface area contributed by atoms with E-state index in [2.05, 4.69) is 32.8 Å². The molecule has 0 fully saturated rings. The summed E-state index contributed by atoms with van der Waals surface area (Å²) in [6.45, 7) is 8.27. The molecule has 5 heteroatoms. The predicted octanol–water partition coefficient (Wildman–Crippen LogP) is 2.79. The molecule has 98 valence electrons. The summed E-state index contributed by atoms with van der Waals surface area (Å²) >= 11 is 6.17. The van der Waals surface area contributed by atoms with Gasteiger partial charge in [-0.3, -0.25) is 4.68 Å². The molecular weight excluding hydrogens is 238 g/mol. The Labute approximate surface area is 108 Å². The van der Waals surface area contributed by atoms with Crippen LogP contribution in [0.15, 0.2) is 6.20 Å². The van der Waals surface area contributed by atoms with Crippen LogP contribution in [0.2, 0.25) is 5.02 Å². The van der Waals surface area contributed by atoms with E-state index < -0.39 is 0 Å². The highest BCUT2D eigenvalue weighted by atomic mass is 35.5. The third kappa shape index (κ3) is 3.00. The zero-order valence-corrected chi connectivity index (χ0v) is 11.9. The number of hydrogen-bond acceptors (Lipinski definition) is 3. The van der Waals surface area contributed by atoms with E-state index >= 15 is 0 Å². The maximum atomic E-state index is 6.26. The molecule has 1 heterocycles. The second-order valence-electron chi connectivity index (χ2n) is 4.89. The van der Waals surface area contributed by atoms with Gasteiger partial charge >= 0.3 is 0 Å². The summed E-state index contributed by atoms with van der Waals surface area (Å²) in [6, 6.07) is -0.0365. The average molecular weight is 260 g/mol. The fraction of sp³-hybridized carbons (Fsp3) is 0.750. The lowest BCUT2D eigenvalue weighted by molar-refractivity contribution is 0.0412. The van der Waals surface area contributed by atoms with E-state index in [0.717, 1.165) is 5.69 Å². The van der Waals surface area contributed by atoms with Gasteiger partial charge in [-0.1, -0.05) is 25.4 Å². The van der Waals surface area contributed by atoms with Crippen molar-refractivity contribution in [2.24, 2.45) is 11.7 Å². The highest BCUT2D eigenvalue weighted by molar-refractivity contribution is 6.31. The molecule has 0 saturated heterocycles. The third-order valence-electron chi connectivity index (χ3n) is 2.88. The van der Waals surface area contributed by atoms with Crippen LogP contribution in [0.1, 0.15) is 45.5 Å². The molecule has 2 atom stereocenters. The van der Waals surface area contributed by atoms with Gasteiger partial charge in [0, 0.05) is 13.2 Å². The number of ether oxygens (including phenoxy) is 1. The van der Waals surface area contributed by atoms with Crippen LogP contribution < -0.4 is 5.73 Å². The van der Waals surface area contributed by atoms with Gasteiger partial charge in [-0.15, -0.1) is 0 Å². The molecule has 0 aliphatic heterocycles. The fourth-order valence-electron chi connectivity index (χ4n) is 2.06. The zero-order valence-electron chi connectivity index (χ0n) is 11.1. The largest absolute Gasteiger partial charge is 0.379 e. The van der Waals surface area contributed by atoms with Crippen LogP contribution >= 0.6 is 11.6 Å². The molecule has 0 radical (unpaired) electrons. The Morgan fingerprint density at radius 2 is 1.94 bits per heavy atom. The van der Waals surface area contributed by atoms with Crippen LogP contribution in [-0.2, 0) is 4.74 Å². The maximum Gasteiger partial charge on any atom is 0.0835 e. The second kappa shape index (κ2) is 5.85. The van der Waals surface area contributed by atoms with Crippen LogP contribution in [0.4, 0.5) is 0 Å². The van der Waals surface area contributed by atoms with Gasteiger partial charge in [-0.25, -0.2) is 0 Å². The Morgan fingerprint density at radius 3 is 2.35 bits per heavy atom. The molecule has 0 saturated carbocycles. The monoisotopic (exact) mass is 259 g/mol. The highest BCUT2D eigenvalue weighted by Gasteiger charge is 2.28. The fourth-order valence-corrected chi connectivity index (χ4v) is 2.32. The van der Waals surface area contributed by atoms with Crippen LogP contribution in [0.5, 0.6) is 0 Å². The van der Waals surface area contributed by atoms with Crippen molar-refractivity contribution in [3.8, 4) is 0 Å². The molecule has 0 aliphatic carbocycles. The molecule has 1 aromatic rings. The van der Waals surface area contributed by atoms with Crippen molar-refractivity contribution in [3.05, 3.63) is 16.9 Å². The SMILES string of the molecule is COC(C(C)C)C(N)c1c(Cl)cnn1C(C)C. The lowest BCUT2D eigenvalue weighted by Gasteiger charge is -2.27. The van der Waals surface area contributed by atoms with E-state index in [-0.39, 0.29) is 18.2 Å². The molecule has 0 aliphatic rings. The Morgan fingerprint density at radius 1 is 1.35 bits per heavy atom. The second-order valence-corrected chi connectivity index (χ2v) is 5.29. The van der Waals surface area contributed by atoms with Gasteiger partial charge in [0.2, 0.25) is 0 Å². The number of halogens is 1. The van der Waals surface area contributed by atoms with Crippen molar-refractivity contribution in [1.29, 1.82) is 0 Å². The summed E-state index contributed by atoms with van der Waals surface area (Å²) in [6.07, 6.45) is 1.57. The van der Waals surface area contributed by atoms with Gasteiger partial charge in [-0.05, 0) is 19.8 Å². The van der Waals surface area contributed by atoms with E-state index in [9.17, 15) is 0 Å². The summed E-state index contributed by atoms with van der Waals surface area (Å²) in [5.41, 5.74) is 7.11. The molecule has 0 spiro atoms. The molecule has 2 N–H and O–H groups in total. The minimum absolute atomic E-state index is 0.0679. The van der Waals surface area contributed by atoms with E-state index in [4.69, 9.17) is 22.1 Å². The number of rotatable bonds is 5. The van der Waals surface area contributed by atoms with Crippen LogP contribution in [-0.4, -0.2) is 23.0 Å². The van der Waals surface area contributed by atoms with Crippen LogP contribution in [0, 0.1) is 5.92 Å². The lowest BCUT2D eigenvalue weighted by Crippen LogP contribution is -2.34. The van der Waals surface area contributed by atoms with Crippen molar-refractivity contribution in [1.82, 2.24) is 9.78 Å². The number of hydrogen-bond donors (Lipinski definition) is 1. The first-order chi connectivity index (χ1) is 7.90. The number of aromatic nitrogens is 2. The summed E-state index contributed by atoms with van der Waals surface area (Å²) in [7, 11) is 1.68. The van der Waals surface area contributed by atoms with Gasteiger partial charge in [0.05, 0.1) is 29.1 Å². The standard InChI is InChI=1S/C12H22ClN3O/c1-7(2)12(17-5)10(14)11-9(13)6-15-16(11)8(3)4/h6-8,10,12H,14H2,1-5H3. The molecule has 0 amide bonds. The molecule has 2 unspecified atom stereocenters. The quantitative estimate of drug-likeness (QED) is 0.885. The van der Waals surface area contributed by atoms with E-state index in [0.29, 0.717) is 10.9 Å². The molecule has 4 nitrogen and oxygen atoms in total. The first kappa shape index (κ1) is 14.5. The number of nitrogens with zero attached hydrogens (tertiary/aromatic N) is 2. The van der Waals surface area contributed by atoms with Gasteiger partial charge in [0.25, 0.3) is 0 Å². The van der Waals surface area contributed by atoms with Crippen molar-refractivity contribution >= 4 is 11.6 Å². The summed E-state index contributed by atoms with van der Waals surface area (Å²) in [4.78, 5) is 0. The third-order valence-corrected chi connectivity index (χ3v) is 3.17. The Bertz CT molecular complexity index is 363. The first-order valence-corrected chi connectivity index (χ1v) is 6.29. The normalized spacial score (nSPS) is 15.6. The summed E-state index contributed by atoms with van der Waals surface area (Å²) in [5, 5.41) is 4.87. The molecular formula is C12H22ClN3O. The van der Waals surface area contributed by atoms with Gasteiger partial charge in [-0.2, -0.15) is 5.10 Å². The number of methoxy groups -OCH3 is 1. The van der Waals surface area contributed by atoms with Gasteiger partial charge in [0.1, 0.15) is 0 Å². The molecule has 0 aromatic carbocycles. The minimum atomic E-state index is -0.266. The zero-order chi connectivity index (χ0) is 13.2. The topological polar surface area (TPSA) is 53.1 Å². The highest BCUT2D eigenvalue weighted by Crippen LogP contribution is 2.29. The maximum absolute atomic E-state index is 6.26. The minimum Gasteiger partial charge on any atom is -0.379 e. The average Bonchev–Trinajstić information content (AvgIpc) is 2.60. The molecule has 17 heavy (non-hydrogen) atoms. The van der Waals surface area contributed by atoms with Crippen molar-refractivity contribution < 1.29 is 4.74 Å². The summed E-state index contributed by atoms with van der Waals surface area (Å²) in [5.74, 6) is 0.321. The smallest absolute Gasteiger partial charge is 0.0835 e. The van der Waals surface area contributed by atoms with E-state index in [1.165, 1.54) is 0 Å². The number of nitrogens with two attached hydrogens (primary N) is 1. The van der Waals surface area contributed by atoms with Gasteiger partial charge < -0.3 is 10.5 Å². The van der Waals surface area contributed by atoms with Crippen molar-refractivity contribution in [2.45, 2.75) is 45.9 Å². The molecule has 0 bridgehead atoms. The van der Waals surface area contributed by atoms with E-state index in [1.54, 1.807) is 13.3 Å².